The second kappa shape index (κ2) is 6.06. The minimum Gasteiger partial charge on any atom is -0.354 e. The van der Waals surface area contributed by atoms with Gasteiger partial charge in [0, 0.05) is 26.2 Å². The van der Waals surface area contributed by atoms with E-state index in [1.165, 1.54) is 4.31 Å². The summed E-state index contributed by atoms with van der Waals surface area (Å²) in [5.74, 6) is -0.635. The van der Waals surface area contributed by atoms with Crippen molar-refractivity contribution in [3.8, 4) is 0 Å². The largest absolute Gasteiger partial charge is 0.354 e. The molecule has 9 heteroatoms. The molecule has 2 atom stereocenters. The first-order valence-electron chi connectivity index (χ1n) is 6.65. The summed E-state index contributed by atoms with van der Waals surface area (Å²) in [6.45, 7) is 1.65. The van der Waals surface area contributed by atoms with Crippen molar-refractivity contribution in [3.63, 3.8) is 0 Å². The van der Waals surface area contributed by atoms with Crippen LogP contribution in [0.1, 0.15) is 12.8 Å². The maximum Gasteiger partial charge on any atom is 0.242 e. The van der Waals surface area contributed by atoms with Crippen LogP contribution in [0.4, 0.5) is 0 Å². The molecule has 0 aromatic rings. The molecular weight excluding hydrogens is 284 g/mol. The van der Waals surface area contributed by atoms with Gasteiger partial charge in [-0.3, -0.25) is 9.59 Å². The molecule has 0 aromatic carbocycles. The topological polar surface area (TPSA) is 108 Å². The van der Waals surface area contributed by atoms with Gasteiger partial charge in [0.1, 0.15) is 12.1 Å². The van der Waals surface area contributed by atoms with Crippen molar-refractivity contribution in [2.75, 3.05) is 32.4 Å². The summed E-state index contributed by atoms with van der Waals surface area (Å²) in [6, 6.07) is -1.37. The lowest BCUT2D eigenvalue weighted by molar-refractivity contribution is -0.132. The Balaban J connectivity index is 2.04. The summed E-state index contributed by atoms with van der Waals surface area (Å²) in [5, 5.41) is 8.32. The van der Waals surface area contributed by atoms with Gasteiger partial charge in [-0.25, -0.2) is 8.42 Å². The summed E-state index contributed by atoms with van der Waals surface area (Å²) in [5.41, 5.74) is 0. The van der Waals surface area contributed by atoms with Crippen LogP contribution in [-0.2, 0) is 19.6 Å². The lowest BCUT2D eigenvalue weighted by Gasteiger charge is -2.34. The number of piperazine rings is 1. The summed E-state index contributed by atoms with van der Waals surface area (Å²) in [6.07, 6.45) is 2.47. The predicted molar refractivity (Wildman–Crippen MR) is 72.4 cm³/mol. The molecular formula is C11H20N4O4S. The highest BCUT2D eigenvalue weighted by Crippen LogP contribution is 2.10. The second-order valence-corrected chi connectivity index (χ2v) is 7.02. The number of rotatable bonds is 3. The van der Waals surface area contributed by atoms with Crippen LogP contribution in [0.3, 0.4) is 0 Å². The molecule has 0 saturated carbocycles. The van der Waals surface area contributed by atoms with Crippen molar-refractivity contribution < 1.29 is 18.0 Å². The molecule has 8 nitrogen and oxygen atoms in total. The van der Waals surface area contributed by atoms with Crippen molar-refractivity contribution in [2.45, 2.75) is 24.9 Å². The van der Waals surface area contributed by atoms with Crippen LogP contribution >= 0.6 is 0 Å². The Hall–Kier alpha value is -1.19. The van der Waals surface area contributed by atoms with Crippen LogP contribution in [0, 0.1) is 0 Å². The third kappa shape index (κ3) is 3.47. The van der Waals surface area contributed by atoms with Gasteiger partial charge < -0.3 is 16.0 Å². The molecule has 2 rings (SSSR count). The van der Waals surface area contributed by atoms with E-state index in [9.17, 15) is 18.0 Å². The molecule has 114 valence electrons. The number of nitrogens with one attached hydrogen (secondary N) is 3. The molecule has 0 aliphatic carbocycles. The molecule has 0 spiro atoms. The first-order valence-corrected chi connectivity index (χ1v) is 8.50. The van der Waals surface area contributed by atoms with Crippen LogP contribution < -0.4 is 16.0 Å². The van der Waals surface area contributed by atoms with Crippen LogP contribution in [0.2, 0.25) is 0 Å². The number of sulfonamides is 1. The lowest BCUT2D eigenvalue weighted by Crippen LogP contribution is -2.62. The Bertz CT molecular complexity index is 493. The second-order valence-electron chi connectivity index (χ2n) is 5.09. The fourth-order valence-corrected chi connectivity index (χ4v) is 3.54. The van der Waals surface area contributed by atoms with Gasteiger partial charge in [-0.15, -0.1) is 0 Å². The van der Waals surface area contributed by atoms with E-state index >= 15 is 0 Å². The van der Waals surface area contributed by atoms with Gasteiger partial charge in [0.25, 0.3) is 0 Å². The van der Waals surface area contributed by atoms with Crippen molar-refractivity contribution >= 4 is 21.8 Å². The molecule has 0 unspecified atom stereocenters. The van der Waals surface area contributed by atoms with Gasteiger partial charge in [0.05, 0.1) is 6.26 Å². The summed E-state index contributed by atoms with van der Waals surface area (Å²) in [4.78, 5) is 23.8. The molecule has 3 N–H and O–H groups in total. The van der Waals surface area contributed by atoms with Crippen LogP contribution in [0.25, 0.3) is 0 Å². The molecule has 2 saturated heterocycles. The first kappa shape index (κ1) is 15.2. The van der Waals surface area contributed by atoms with Gasteiger partial charge in [0.2, 0.25) is 21.8 Å². The van der Waals surface area contributed by atoms with Crippen molar-refractivity contribution in [3.05, 3.63) is 0 Å². The molecule has 0 bridgehead atoms. The van der Waals surface area contributed by atoms with E-state index in [4.69, 9.17) is 0 Å². The molecule has 2 aliphatic heterocycles. The minimum absolute atomic E-state index is 0.209. The third-order valence-electron chi connectivity index (χ3n) is 3.52. The average Bonchev–Trinajstić information content (AvgIpc) is 2.40. The van der Waals surface area contributed by atoms with E-state index < -0.39 is 28.0 Å². The average molecular weight is 304 g/mol. The quantitative estimate of drug-likeness (QED) is 0.539. The van der Waals surface area contributed by atoms with E-state index in [0.29, 0.717) is 19.5 Å². The Labute approximate surface area is 118 Å². The number of hydrogen-bond donors (Lipinski definition) is 3. The number of carbonyl (C=O) groups excluding carboxylic acids is 2. The Kier molecular flexibility index (Phi) is 4.61. The molecule has 2 aliphatic rings. The van der Waals surface area contributed by atoms with E-state index in [-0.39, 0.29) is 19.0 Å². The number of amides is 2. The maximum atomic E-state index is 12.2. The smallest absolute Gasteiger partial charge is 0.242 e. The van der Waals surface area contributed by atoms with Gasteiger partial charge in [-0.2, -0.15) is 4.31 Å². The van der Waals surface area contributed by atoms with Gasteiger partial charge in [-0.1, -0.05) is 0 Å². The highest BCUT2D eigenvalue weighted by atomic mass is 32.2. The molecule has 2 fully saturated rings. The minimum atomic E-state index is -3.44. The number of nitrogens with zero attached hydrogens (tertiary/aromatic N) is 1. The summed E-state index contributed by atoms with van der Waals surface area (Å²) in [7, 11) is -3.44. The zero-order valence-electron chi connectivity index (χ0n) is 11.4. The van der Waals surface area contributed by atoms with Gasteiger partial charge >= 0.3 is 0 Å². The Morgan fingerprint density at radius 2 is 2.15 bits per heavy atom. The van der Waals surface area contributed by atoms with E-state index in [1.54, 1.807) is 0 Å². The van der Waals surface area contributed by atoms with Crippen LogP contribution in [0.15, 0.2) is 0 Å². The molecule has 20 heavy (non-hydrogen) atoms. The lowest BCUT2D eigenvalue weighted by atomic mass is 10.1. The first-order chi connectivity index (χ1) is 9.39. The highest BCUT2D eigenvalue weighted by molar-refractivity contribution is 7.88. The molecule has 2 amide bonds. The van der Waals surface area contributed by atoms with Gasteiger partial charge in [-0.05, 0) is 12.8 Å². The normalized spacial score (nSPS) is 28.8. The zero-order valence-corrected chi connectivity index (χ0v) is 12.2. The molecule has 2 heterocycles. The SMILES string of the molecule is CS(=O)(=O)N1CCNC[C@H]1C(=O)N[C@H]1CCCNC1=O. The zero-order chi connectivity index (χ0) is 14.8. The fourth-order valence-electron chi connectivity index (χ4n) is 2.48. The third-order valence-corrected chi connectivity index (χ3v) is 4.81. The molecule has 0 radical (unpaired) electrons. The summed E-state index contributed by atoms with van der Waals surface area (Å²) < 4.78 is 24.6. The predicted octanol–water partition coefficient (Wildman–Crippen LogP) is -2.39. The van der Waals surface area contributed by atoms with Crippen molar-refractivity contribution in [2.24, 2.45) is 0 Å². The number of carbonyl (C=O) groups is 2. The standard InChI is InChI=1S/C11H20N4O4S/c1-20(18,19)15-6-5-12-7-9(15)11(17)14-8-3-2-4-13-10(8)16/h8-9,12H,2-7H2,1H3,(H,13,16)(H,14,17)/t8-,9-/m0/s1. The number of hydrogen-bond acceptors (Lipinski definition) is 5. The van der Waals surface area contributed by atoms with E-state index in [0.717, 1.165) is 12.7 Å². The Morgan fingerprint density at radius 3 is 2.80 bits per heavy atom. The fraction of sp³-hybridized carbons (Fsp3) is 0.818. The van der Waals surface area contributed by atoms with Crippen LogP contribution in [-0.4, -0.2) is 69.1 Å². The van der Waals surface area contributed by atoms with Crippen molar-refractivity contribution in [1.82, 2.24) is 20.3 Å². The highest BCUT2D eigenvalue weighted by Gasteiger charge is 2.36. The van der Waals surface area contributed by atoms with Crippen molar-refractivity contribution in [1.29, 1.82) is 0 Å². The maximum absolute atomic E-state index is 12.2. The Morgan fingerprint density at radius 1 is 1.40 bits per heavy atom. The monoisotopic (exact) mass is 304 g/mol. The summed E-state index contributed by atoms with van der Waals surface area (Å²) >= 11 is 0. The van der Waals surface area contributed by atoms with Gasteiger partial charge in [0.15, 0.2) is 0 Å². The number of piperidine rings is 1. The van der Waals surface area contributed by atoms with Crippen LogP contribution in [0.5, 0.6) is 0 Å². The van der Waals surface area contributed by atoms with E-state index in [2.05, 4.69) is 16.0 Å². The van der Waals surface area contributed by atoms with E-state index in [1.807, 2.05) is 0 Å². The molecule has 0 aromatic heterocycles.